The van der Waals surface area contributed by atoms with Gasteiger partial charge in [-0.05, 0) is 106 Å². The summed E-state index contributed by atoms with van der Waals surface area (Å²) < 4.78 is 6.11. The van der Waals surface area contributed by atoms with Gasteiger partial charge in [0, 0.05) is 48.0 Å². The van der Waals surface area contributed by atoms with Crippen molar-refractivity contribution in [1.29, 1.82) is 0 Å². The molecule has 264 valence electrons. The maximum Gasteiger partial charge on any atom is 0.248 e. The fourth-order valence-electron chi connectivity index (χ4n) is 6.79. The van der Waals surface area contributed by atoms with Crippen LogP contribution in [0.4, 0.5) is 0 Å². The van der Waals surface area contributed by atoms with Crippen molar-refractivity contribution in [1.82, 2.24) is 15.2 Å². The van der Waals surface area contributed by atoms with Gasteiger partial charge in [-0.15, -0.1) is 0 Å². The maximum atomic E-state index is 11.7. The number of aliphatic hydroxyl groups excluding tert-OH is 1. The zero-order valence-electron chi connectivity index (χ0n) is 29.6. The van der Waals surface area contributed by atoms with Gasteiger partial charge in [0.2, 0.25) is 5.56 Å². The summed E-state index contributed by atoms with van der Waals surface area (Å²) in [5, 5.41) is 35.8. The van der Waals surface area contributed by atoms with Crippen molar-refractivity contribution < 1.29 is 20.1 Å². The standard InChI is InChI=1S/C42H51N3O5/c1-28(2)45(29(3)4)24-21-34(32-8-6-5-7-9-32)37-26-31(12-17-38(37)46)22-25-50-33-13-10-30(11-14-33)20-23-43-27-40(48)35-15-18-39(47)42-36(35)16-19-41(49)44-42/h5-19,26,28-29,34,40,43,46-48H,20-25,27H2,1-4H3,(H,44,49)/t34-,40+/m1/s1. The van der Waals surface area contributed by atoms with Crippen LogP contribution < -0.4 is 15.6 Å². The highest BCUT2D eigenvalue weighted by Crippen LogP contribution is 2.35. The van der Waals surface area contributed by atoms with Crippen LogP contribution in [-0.4, -0.2) is 63.5 Å². The highest BCUT2D eigenvalue weighted by molar-refractivity contribution is 5.87. The second kappa shape index (κ2) is 17.3. The molecular formula is C42H51N3O5. The Hall–Kier alpha value is -4.63. The average molecular weight is 678 g/mol. The average Bonchev–Trinajstić information content (AvgIpc) is 3.10. The minimum atomic E-state index is -0.797. The van der Waals surface area contributed by atoms with E-state index in [-0.39, 0.29) is 17.2 Å². The summed E-state index contributed by atoms with van der Waals surface area (Å²) in [4.78, 5) is 16.8. The molecule has 5 N–H and O–H groups in total. The number of benzene rings is 4. The van der Waals surface area contributed by atoms with Crippen LogP contribution in [0.1, 0.15) is 74.0 Å². The number of aromatic amines is 1. The van der Waals surface area contributed by atoms with Gasteiger partial charge >= 0.3 is 0 Å². The van der Waals surface area contributed by atoms with Crippen molar-refractivity contribution in [2.45, 2.75) is 71.1 Å². The topological polar surface area (TPSA) is 118 Å². The Labute approximate surface area is 295 Å². The lowest BCUT2D eigenvalue weighted by atomic mass is 9.86. The molecule has 8 nitrogen and oxygen atoms in total. The molecule has 0 aliphatic heterocycles. The number of pyridine rings is 1. The van der Waals surface area contributed by atoms with Crippen molar-refractivity contribution >= 4 is 10.9 Å². The number of H-pyrrole nitrogens is 1. The number of nitrogens with zero attached hydrogens (tertiary/aromatic N) is 1. The number of ether oxygens (including phenoxy) is 1. The number of fused-ring (bicyclic) bond motifs is 1. The summed E-state index contributed by atoms with van der Waals surface area (Å²) >= 11 is 0. The Morgan fingerprint density at radius 2 is 1.48 bits per heavy atom. The summed E-state index contributed by atoms with van der Waals surface area (Å²) in [6.45, 7) is 11.4. The summed E-state index contributed by atoms with van der Waals surface area (Å²) in [5.41, 5.74) is 5.10. The van der Waals surface area contributed by atoms with E-state index in [4.69, 9.17) is 4.74 Å². The molecule has 2 atom stereocenters. The molecule has 4 aromatic carbocycles. The SMILES string of the molecule is CC(C)N(CC[C@H](c1ccccc1)c1cc(CCOc2ccc(CCNC[C@H](O)c3ccc(O)c4[nH]c(=O)ccc34)cc2)ccc1O)C(C)C. The van der Waals surface area contributed by atoms with Crippen molar-refractivity contribution in [3.8, 4) is 17.2 Å². The van der Waals surface area contributed by atoms with Crippen LogP contribution >= 0.6 is 0 Å². The smallest absolute Gasteiger partial charge is 0.248 e. The third-order valence-corrected chi connectivity index (χ3v) is 9.45. The number of rotatable bonds is 17. The largest absolute Gasteiger partial charge is 0.508 e. The van der Waals surface area contributed by atoms with Crippen LogP contribution in [-0.2, 0) is 12.8 Å². The van der Waals surface area contributed by atoms with Crippen LogP contribution in [0.2, 0.25) is 0 Å². The number of nitrogens with one attached hydrogen (secondary N) is 2. The van der Waals surface area contributed by atoms with Gasteiger partial charge in [-0.2, -0.15) is 0 Å². The Balaban J connectivity index is 1.12. The number of phenolic OH excluding ortho intramolecular Hbond substituents is 2. The first kappa shape index (κ1) is 36.6. The molecule has 8 heteroatoms. The summed E-state index contributed by atoms with van der Waals surface area (Å²) in [6.07, 6.45) is 1.62. The van der Waals surface area contributed by atoms with E-state index >= 15 is 0 Å². The lowest BCUT2D eigenvalue weighted by molar-refractivity contribution is 0.170. The molecule has 1 heterocycles. The minimum absolute atomic E-state index is 0.0261. The minimum Gasteiger partial charge on any atom is -0.508 e. The molecule has 0 amide bonds. The van der Waals surface area contributed by atoms with Crippen molar-refractivity contribution in [2.75, 3.05) is 26.2 Å². The maximum absolute atomic E-state index is 11.7. The van der Waals surface area contributed by atoms with Gasteiger partial charge in [-0.3, -0.25) is 9.69 Å². The van der Waals surface area contributed by atoms with E-state index in [0.29, 0.717) is 54.0 Å². The highest BCUT2D eigenvalue weighted by Gasteiger charge is 2.22. The van der Waals surface area contributed by atoms with Crippen molar-refractivity contribution in [3.05, 3.63) is 135 Å². The Morgan fingerprint density at radius 1 is 0.780 bits per heavy atom. The highest BCUT2D eigenvalue weighted by atomic mass is 16.5. The predicted octanol–water partition coefficient (Wildman–Crippen LogP) is 7.07. The molecule has 50 heavy (non-hydrogen) atoms. The van der Waals surface area contributed by atoms with Gasteiger partial charge in [0.25, 0.3) is 0 Å². The van der Waals surface area contributed by atoms with Crippen LogP contribution in [0.15, 0.2) is 102 Å². The summed E-state index contributed by atoms with van der Waals surface area (Å²) in [6, 6.07) is 31.6. The van der Waals surface area contributed by atoms with Gasteiger partial charge < -0.3 is 30.4 Å². The van der Waals surface area contributed by atoms with Crippen LogP contribution in [0.25, 0.3) is 10.9 Å². The first-order valence-corrected chi connectivity index (χ1v) is 17.7. The molecule has 0 saturated carbocycles. The molecule has 0 fully saturated rings. The lowest BCUT2D eigenvalue weighted by Crippen LogP contribution is -2.38. The number of phenols is 2. The molecule has 0 spiro atoms. The summed E-state index contributed by atoms with van der Waals surface area (Å²) in [7, 11) is 0. The molecule has 0 bridgehead atoms. The number of hydrogen-bond donors (Lipinski definition) is 5. The molecular weight excluding hydrogens is 626 g/mol. The molecule has 0 aliphatic rings. The molecule has 0 radical (unpaired) electrons. The first-order chi connectivity index (χ1) is 24.1. The molecule has 5 aromatic rings. The van der Waals surface area contributed by atoms with Gasteiger partial charge in [-0.1, -0.05) is 60.7 Å². The fourth-order valence-corrected chi connectivity index (χ4v) is 6.79. The third-order valence-electron chi connectivity index (χ3n) is 9.45. The van der Waals surface area contributed by atoms with Crippen LogP contribution in [0, 0.1) is 0 Å². The van der Waals surface area contributed by atoms with Crippen LogP contribution in [0.5, 0.6) is 17.2 Å². The van der Waals surface area contributed by atoms with Gasteiger partial charge in [0.05, 0.1) is 18.2 Å². The Bertz CT molecular complexity index is 1860. The van der Waals surface area contributed by atoms with E-state index in [2.05, 4.69) is 85.4 Å². The molecule has 0 saturated heterocycles. The molecule has 1 aromatic heterocycles. The zero-order chi connectivity index (χ0) is 35.6. The van der Waals surface area contributed by atoms with Crippen LogP contribution in [0.3, 0.4) is 0 Å². The zero-order valence-corrected chi connectivity index (χ0v) is 29.6. The first-order valence-electron chi connectivity index (χ1n) is 17.7. The van der Waals surface area contributed by atoms with Crippen molar-refractivity contribution in [3.63, 3.8) is 0 Å². The fraction of sp³-hybridized carbons (Fsp3) is 0.357. The molecule has 0 unspecified atom stereocenters. The lowest BCUT2D eigenvalue weighted by Gasteiger charge is -2.32. The molecule has 0 aliphatic carbocycles. The van der Waals surface area contributed by atoms with Gasteiger partial charge in [-0.25, -0.2) is 0 Å². The Morgan fingerprint density at radius 3 is 2.20 bits per heavy atom. The van der Waals surface area contributed by atoms with E-state index in [0.717, 1.165) is 48.2 Å². The Kier molecular flexibility index (Phi) is 12.7. The van der Waals surface area contributed by atoms with E-state index in [1.165, 1.54) is 17.7 Å². The monoisotopic (exact) mass is 677 g/mol. The number of aromatic nitrogens is 1. The quantitative estimate of drug-likeness (QED) is 0.0669. The normalized spacial score (nSPS) is 13.0. The van der Waals surface area contributed by atoms with Gasteiger partial charge in [0.1, 0.15) is 17.2 Å². The summed E-state index contributed by atoms with van der Waals surface area (Å²) in [5.74, 6) is 1.19. The van der Waals surface area contributed by atoms with E-state index in [9.17, 15) is 20.1 Å². The number of aliphatic hydroxyl groups is 1. The van der Waals surface area contributed by atoms with E-state index in [1.807, 2.05) is 30.3 Å². The second-order valence-electron chi connectivity index (χ2n) is 13.6. The second-order valence-corrected chi connectivity index (χ2v) is 13.6. The van der Waals surface area contributed by atoms with E-state index in [1.54, 1.807) is 12.1 Å². The third kappa shape index (κ3) is 9.53. The number of aromatic hydroxyl groups is 2. The van der Waals surface area contributed by atoms with Gasteiger partial charge in [0.15, 0.2) is 0 Å². The van der Waals surface area contributed by atoms with E-state index < -0.39 is 6.10 Å². The predicted molar refractivity (Wildman–Crippen MR) is 201 cm³/mol. The molecule has 5 rings (SSSR count). The number of hydrogen-bond acceptors (Lipinski definition) is 7. The van der Waals surface area contributed by atoms with Crippen molar-refractivity contribution in [2.24, 2.45) is 0 Å².